The molecule has 0 aliphatic carbocycles. The van der Waals surface area contributed by atoms with Gasteiger partial charge in [0.1, 0.15) is 22.4 Å². The van der Waals surface area contributed by atoms with Crippen LogP contribution in [0.3, 0.4) is 0 Å². The number of aliphatic hydroxyl groups is 1. The lowest BCUT2D eigenvalue weighted by atomic mass is 10.1. The van der Waals surface area contributed by atoms with Crippen molar-refractivity contribution in [2.24, 2.45) is 0 Å². The number of hydrogen-bond donors (Lipinski definition) is 2. The average molecular weight is 462 g/mol. The summed E-state index contributed by atoms with van der Waals surface area (Å²) in [5, 5.41) is 12.5. The van der Waals surface area contributed by atoms with Gasteiger partial charge in [0.15, 0.2) is 0 Å². The standard InChI is InChI=1S/C15H17BrIN3O/c1-10(19-15(2,3)8-21)20-9-18-13(14(20)16)11-4-6-12(17)7-5-11/h4-7,9,19,21H,1,8H2,2-3H3. The quantitative estimate of drug-likeness (QED) is 0.667. The van der Waals surface area contributed by atoms with Gasteiger partial charge in [0, 0.05) is 9.13 Å². The molecule has 0 aliphatic rings. The molecule has 0 saturated carbocycles. The van der Waals surface area contributed by atoms with Gasteiger partial charge in [-0.05, 0) is 64.5 Å². The van der Waals surface area contributed by atoms with Gasteiger partial charge in [-0.15, -0.1) is 0 Å². The van der Waals surface area contributed by atoms with Gasteiger partial charge in [0.05, 0.1) is 12.1 Å². The summed E-state index contributed by atoms with van der Waals surface area (Å²) in [7, 11) is 0. The third-order valence-electron chi connectivity index (χ3n) is 3.00. The molecule has 0 saturated heterocycles. The number of benzene rings is 1. The predicted molar refractivity (Wildman–Crippen MR) is 97.7 cm³/mol. The van der Waals surface area contributed by atoms with E-state index in [1.54, 1.807) is 6.33 Å². The highest BCUT2D eigenvalue weighted by Crippen LogP contribution is 2.29. The number of nitrogens with one attached hydrogen (secondary N) is 1. The van der Waals surface area contributed by atoms with Gasteiger partial charge < -0.3 is 10.4 Å². The number of halogens is 2. The van der Waals surface area contributed by atoms with Crippen LogP contribution in [0.4, 0.5) is 0 Å². The number of imidazole rings is 1. The minimum Gasteiger partial charge on any atom is -0.394 e. The number of nitrogens with zero attached hydrogens (tertiary/aromatic N) is 2. The van der Waals surface area contributed by atoms with Crippen molar-refractivity contribution in [1.82, 2.24) is 14.9 Å². The lowest BCUT2D eigenvalue weighted by molar-refractivity contribution is 0.202. The first-order valence-corrected chi connectivity index (χ1v) is 8.28. The van der Waals surface area contributed by atoms with Crippen LogP contribution in [0.5, 0.6) is 0 Å². The van der Waals surface area contributed by atoms with Gasteiger partial charge in [0.25, 0.3) is 0 Å². The first-order valence-electron chi connectivity index (χ1n) is 6.41. The number of hydrogen-bond acceptors (Lipinski definition) is 3. The fraction of sp³-hybridized carbons (Fsp3) is 0.267. The summed E-state index contributed by atoms with van der Waals surface area (Å²) in [4.78, 5) is 4.44. The van der Waals surface area contributed by atoms with Crippen molar-refractivity contribution in [3.05, 3.63) is 45.3 Å². The van der Waals surface area contributed by atoms with Crippen molar-refractivity contribution in [3.8, 4) is 11.3 Å². The highest BCUT2D eigenvalue weighted by atomic mass is 127. The van der Waals surface area contributed by atoms with Crippen molar-refractivity contribution >= 4 is 44.3 Å². The van der Waals surface area contributed by atoms with Gasteiger partial charge in [-0.25, -0.2) is 4.98 Å². The molecule has 1 aromatic carbocycles. The Morgan fingerprint density at radius 3 is 2.62 bits per heavy atom. The van der Waals surface area contributed by atoms with Crippen LogP contribution in [0.1, 0.15) is 13.8 Å². The average Bonchev–Trinajstić information content (AvgIpc) is 2.81. The summed E-state index contributed by atoms with van der Waals surface area (Å²) in [6, 6.07) is 8.16. The van der Waals surface area contributed by atoms with Crippen molar-refractivity contribution < 1.29 is 5.11 Å². The van der Waals surface area contributed by atoms with Crippen molar-refractivity contribution in [3.63, 3.8) is 0 Å². The lowest BCUT2D eigenvalue weighted by Crippen LogP contribution is -2.42. The summed E-state index contributed by atoms with van der Waals surface area (Å²) in [5.41, 5.74) is 1.45. The Labute approximate surface area is 146 Å². The van der Waals surface area contributed by atoms with Gasteiger partial charge in [-0.2, -0.15) is 0 Å². The summed E-state index contributed by atoms with van der Waals surface area (Å²) >= 11 is 5.85. The molecule has 2 aromatic rings. The van der Waals surface area contributed by atoms with Crippen LogP contribution >= 0.6 is 38.5 Å². The normalized spacial score (nSPS) is 11.5. The molecule has 0 amide bonds. The zero-order valence-electron chi connectivity index (χ0n) is 11.9. The van der Waals surface area contributed by atoms with Crippen LogP contribution < -0.4 is 5.32 Å². The lowest BCUT2D eigenvalue weighted by Gasteiger charge is -2.26. The Bertz CT molecular complexity index is 649. The Hall–Kier alpha value is -0.860. The van der Waals surface area contributed by atoms with Gasteiger partial charge >= 0.3 is 0 Å². The Morgan fingerprint density at radius 1 is 1.43 bits per heavy atom. The zero-order chi connectivity index (χ0) is 15.6. The van der Waals surface area contributed by atoms with E-state index in [2.05, 4.69) is 55.4 Å². The first kappa shape index (κ1) is 16.5. The summed E-state index contributed by atoms with van der Waals surface area (Å²) in [6.45, 7) is 7.84. The van der Waals surface area contributed by atoms with E-state index >= 15 is 0 Å². The van der Waals surface area contributed by atoms with E-state index in [1.165, 1.54) is 3.57 Å². The molecule has 0 unspecified atom stereocenters. The fourth-order valence-electron chi connectivity index (χ4n) is 1.81. The highest BCUT2D eigenvalue weighted by Gasteiger charge is 2.19. The van der Waals surface area contributed by atoms with Gasteiger partial charge in [0.2, 0.25) is 0 Å². The van der Waals surface area contributed by atoms with Gasteiger partial charge in [-0.1, -0.05) is 18.7 Å². The molecule has 0 fully saturated rings. The largest absolute Gasteiger partial charge is 0.394 e. The first-order chi connectivity index (χ1) is 9.84. The van der Waals surface area contributed by atoms with E-state index in [0.29, 0.717) is 5.82 Å². The van der Waals surface area contributed by atoms with Crippen LogP contribution in [0.25, 0.3) is 17.1 Å². The fourth-order valence-corrected chi connectivity index (χ4v) is 2.81. The molecule has 0 bridgehead atoms. The van der Waals surface area contributed by atoms with Crippen LogP contribution in [0, 0.1) is 3.57 Å². The molecular weight excluding hydrogens is 445 g/mol. The maximum Gasteiger partial charge on any atom is 0.118 e. The van der Waals surface area contributed by atoms with Crippen LogP contribution in [0.15, 0.2) is 41.8 Å². The zero-order valence-corrected chi connectivity index (χ0v) is 15.6. The van der Waals surface area contributed by atoms with E-state index in [9.17, 15) is 5.11 Å². The van der Waals surface area contributed by atoms with Crippen molar-refractivity contribution in [2.75, 3.05) is 6.61 Å². The van der Waals surface area contributed by atoms with E-state index in [4.69, 9.17) is 0 Å². The molecule has 0 aliphatic heterocycles. The molecule has 1 aromatic heterocycles. The van der Waals surface area contributed by atoms with E-state index in [0.717, 1.165) is 15.9 Å². The number of rotatable bonds is 5. The third kappa shape index (κ3) is 3.87. The summed E-state index contributed by atoms with van der Waals surface area (Å²) < 4.78 is 3.84. The molecule has 112 valence electrons. The molecule has 4 nitrogen and oxygen atoms in total. The van der Waals surface area contributed by atoms with Crippen LogP contribution in [-0.4, -0.2) is 26.8 Å². The monoisotopic (exact) mass is 461 g/mol. The minimum absolute atomic E-state index is 0.0162. The van der Waals surface area contributed by atoms with E-state index < -0.39 is 5.54 Å². The van der Waals surface area contributed by atoms with Gasteiger partial charge in [-0.3, -0.25) is 4.57 Å². The Morgan fingerprint density at radius 2 is 2.05 bits per heavy atom. The maximum absolute atomic E-state index is 9.33. The second-order valence-corrected chi connectivity index (χ2v) is 7.37. The van der Waals surface area contributed by atoms with E-state index in [1.807, 2.05) is 42.7 Å². The Kier molecular flexibility index (Phi) is 5.11. The molecule has 0 radical (unpaired) electrons. The summed E-state index contributed by atoms with van der Waals surface area (Å²) in [6.07, 6.45) is 1.71. The molecule has 2 rings (SSSR count). The van der Waals surface area contributed by atoms with Crippen molar-refractivity contribution in [1.29, 1.82) is 0 Å². The number of aliphatic hydroxyl groups excluding tert-OH is 1. The second kappa shape index (κ2) is 6.50. The predicted octanol–water partition coefficient (Wildman–Crippen LogP) is 3.71. The molecule has 0 atom stereocenters. The third-order valence-corrected chi connectivity index (χ3v) is 4.47. The molecule has 6 heteroatoms. The second-order valence-electron chi connectivity index (χ2n) is 5.37. The maximum atomic E-state index is 9.33. The summed E-state index contributed by atoms with van der Waals surface area (Å²) in [5.74, 6) is 0.658. The SMILES string of the molecule is C=C(NC(C)(C)CO)n1cnc(-c2ccc(I)cc2)c1Br. The van der Waals surface area contributed by atoms with Crippen molar-refractivity contribution in [2.45, 2.75) is 19.4 Å². The van der Waals surface area contributed by atoms with E-state index in [-0.39, 0.29) is 6.61 Å². The highest BCUT2D eigenvalue weighted by molar-refractivity contribution is 14.1. The number of aromatic nitrogens is 2. The topological polar surface area (TPSA) is 50.1 Å². The molecule has 2 N–H and O–H groups in total. The molecule has 0 spiro atoms. The Balaban J connectivity index is 2.28. The smallest absolute Gasteiger partial charge is 0.118 e. The molecular formula is C15H17BrIN3O. The van der Waals surface area contributed by atoms with Crippen LogP contribution in [-0.2, 0) is 0 Å². The molecule has 21 heavy (non-hydrogen) atoms. The molecule has 1 heterocycles. The minimum atomic E-state index is -0.441. The van der Waals surface area contributed by atoms with Crippen LogP contribution in [0.2, 0.25) is 0 Å².